The molecule has 2 rings (SSSR count). The zero-order valence-corrected chi connectivity index (χ0v) is 13.3. The van der Waals surface area contributed by atoms with Crippen LogP contribution < -0.4 is 0 Å². The van der Waals surface area contributed by atoms with Crippen molar-refractivity contribution in [3.63, 3.8) is 0 Å². The van der Waals surface area contributed by atoms with Crippen molar-refractivity contribution in [3.05, 3.63) is 35.9 Å². The molecule has 1 saturated heterocycles. The van der Waals surface area contributed by atoms with Gasteiger partial charge in [-0.2, -0.15) is 0 Å². The molecule has 1 fully saturated rings. The lowest BCUT2D eigenvalue weighted by atomic mass is 10.2. The highest BCUT2D eigenvalue weighted by Crippen LogP contribution is 2.08. The highest BCUT2D eigenvalue weighted by molar-refractivity contribution is 5.78. The Balaban J connectivity index is 1.74. The summed E-state index contributed by atoms with van der Waals surface area (Å²) in [7, 11) is 0. The van der Waals surface area contributed by atoms with Gasteiger partial charge in [0.25, 0.3) is 0 Å². The molecule has 1 amide bonds. The summed E-state index contributed by atoms with van der Waals surface area (Å²) < 4.78 is 0. The third-order valence-corrected chi connectivity index (χ3v) is 4.19. The van der Waals surface area contributed by atoms with E-state index < -0.39 is 0 Å². The first-order valence-corrected chi connectivity index (χ1v) is 7.99. The first kappa shape index (κ1) is 16.0. The maximum absolute atomic E-state index is 12.1. The Kier molecular flexibility index (Phi) is 6.21. The van der Waals surface area contributed by atoms with Crippen molar-refractivity contribution in [2.45, 2.75) is 20.4 Å². The number of benzene rings is 1. The molecule has 0 aliphatic carbocycles. The number of carbonyl (C=O) groups excluding carboxylic acids is 1. The van der Waals surface area contributed by atoms with Gasteiger partial charge >= 0.3 is 0 Å². The van der Waals surface area contributed by atoms with Gasteiger partial charge in [0.05, 0.1) is 6.54 Å². The van der Waals surface area contributed by atoms with Crippen molar-refractivity contribution < 1.29 is 4.79 Å². The van der Waals surface area contributed by atoms with Crippen LogP contribution in [0, 0.1) is 0 Å². The van der Waals surface area contributed by atoms with Crippen molar-refractivity contribution in [2.24, 2.45) is 0 Å². The lowest BCUT2D eigenvalue weighted by molar-refractivity contribution is -0.132. The molecule has 1 aliphatic heterocycles. The van der Waals surface area contributed by atoms with Crippen molar-refractivity contribution in [1.29, 1.82) is 0 Å². The SMILES string of the molecule is CCN(CC)C(=O)CN1CCN(Cc2ccccc2)CC1. The number of hydrogen-bond donors (Lipinski definition) is 0. The van der Waals surface area contributed by atoms with Gasteiger partial charge in [-0.3, -0.25) is 14.6 Å². The van der Waals surface area contributed by atoms with Crippen molar-refractivity contribution >= 4 is 5.91 Å². The van der Waals surface area contributed by atoms with Crippen molar-refractivity contribution in [2.75, 3.05) is 45.8 Å². The van der Waals surface area contributed by atoms with Gasteiger partial charge in [0, 0.05) is 45.8 Å². The Morgan fingerprint density at radius 2 is 1.57 bits per heavy atom. The fraction of sp³-hybridized carbons (Fsp3) is 0.588. The number of likely N-dealkylation sites (N-methyl/N-ethyl adjacent to an activating group) is 1. The second-order valence-corrected chi connectivity index (χ2v) is 5.60. The number of amides is 1. The van der Waals surface area contributed by atoms with E-state index in [1.54, 1.807) is 0 Å². The molecule has 1 heterocycles. The number of rotatable bonds is 6. The third-order valence-electron chi connectivity index (χ3n) is 4.19. The molecule has 4 nitrogen and oxygen atoms in total. The summed E-state index contributed by atoms with van der Waals surface area (Å²) in [4.78, 5) is 18.8. The number of nitrogens with zero attached hydrogens (tertiary/aromatic N) is 3. The monoisotopic (exact) mass is 289 g/mol. The predicted octanol–water partition coefficient (Wildman–Crippen LogP) is 1.67. The summed E-state index contributed by atoms with van der Waals surface area (Å²) >= 11 is 0. The van der Waals surface area contributed by atoms with Crippen LogP contribution in [0.3, 0.4) is 0 Å². The second kappa shape index (κ2) is 8.15. The van der Waals surface area contributed by atoms with E-state index in [2.05, 4.69) is 40.1 Å². The molecule has 0 N–H and O–H groups in total. The van der Waals surface area contributed by atoms with Gasteiger partial charge in [0.15, 0.2) is 0 Å². The predicted molar refractivity (Wildman–Crippen MR) is 86.1 cm³/mol. The maximum atomic E-state index is 12.1. The number of hydrogen-bond acceptors (Lipinski definition) is 3. The zero-order chi connectivity index (χ0) is 15.1. The summed E-state index contributed by atoms with van der Waals surface area (Å²) in [6, 6.07) is 10.6. The standard InChI is InChI=1S/C17H27N3O/c1-3-20(4-2)17(21)15-19-12-10-18(11-13-19)14-16-8-6-5-7-9-16/h5-9H,3-4,10-15H2,1-2H3. The molecule has 21 heavy (non-hydrogen) atoms. The second-order valence-electron chi connectivity index (χ2n) is 5.60. The summed E-state index contributed by atoms with van der Waals surface area (Å²) in [6.45, 7) is 11.3. The molecule has 4 heteroatoms. The van der Waals surface area contributed by atoms with E-state index >= 15 is 0 Å². The first-order chi connectivity index (χ1) is 10.2. The normalized spacial score (nSPS) is 16.9. The van der Waals surface area contributed by atoms with E-state index in [0.717, 1.165) is 45.8 Å². The van der Waals surface area contributed by atoms with Gasteiger partial charge in [0.1, 0.15) is 0 Å². The van der Waals surface area contributed by atoms with Crippen LogP contribution in [0.25, 0.3) is 0 Å². The summed E-state index contributed by atoms with van der Waals surface area (Å²) in [5.74, 6) is 0.261. The van der Waals surface area contributed by atoms with E-state index in [1.807, 2.05) is 18.7 Å². The Labute approximate surface area is 128 Å². The van der Waals surface area contributed by atoms with Gasteiger partial charge in [-0.05, 0) is 19.4 Å². The van der Waals surface area contributed by atoms with Crippen LogP contribution in [0.4, 0.5) is 0 Å². The number of piperazine rings is 1. The molecular weight excluding hydrogens is 262 g/mol. The lowest BCUT2D eigenvalue weighted by Gasteiger charge is -2.35. The van der Waals surface area contributed by atoms with Crippen LogP contribution in [0.15, 0.2) is 30.3 Å². The molecule has 0 bridgehead atoms. The van der Waals surface area contributed by atoms with Crippen molar-refractivity contribution in [1.82, 2.24) is 14.7 Å². The molecule has 0 saturated carbocycles. The molecule has 0 unspecified atom stereocenters. The fourth-order valence-electron chi connectivity index (χ4n) is 2.81. The minimum Gasteiger partial charge on any atom is -0.342 e. The highest BCUT2D eigenvalue weighted by atomic mass is 16.2. The molecule has 1 aromatic rings. The molecule has 116 valence electrons. The van der Waals surface area contributed by atoms with Gasteiger partial charge in [-0.1, -0.05) is 30.3 Å². The zero-order valence-electron chi connectivity index (χ0n) is 13.3. The Hall–Kier alpha value is -1.39. The largest absolute Gasteiger partial charge is 0.342 e. The quantitative estimate of drug-likeness (QED) is 0.797. The summed E-state index contributed by atoms with van der Waals surface area (Å²) in [6.07, 6.45) is 0. The minimum absolute atomic E-state index is 0.261. The van der Waals surface area contributed by atoms with E-state index in [9.17, 15) is 4.79 Å². The van der Waals surface area contributed by atoms with Crippen molar-refractivity contribution in [3.8, 4) is 0 Å². The van der Waals surface area contributed by atoms with Crippen LogP contribution in [-0.4, -0.2) is 66.4 Å². The number of carbonyl (C=O) groups is 1. The molecular formula is C17H27N3O. The summed E-state index contributed by atoms with van der Waals surface area (Å²) in [5.41, 5.74) is 1.37. The summed E-state index contributed by atoms with van der Waals surface area (Å²) in [5, 5.41) is 0. The molecule has 0 spiro atoms. The Bertz CT molecular complexity index is 423. The van der Waals surface area contributed by atoms with E-state index in [0.29, 0.717) is 6.54 Å². The maximum Gasteiger partial charge on any atom is 0.236 e. The average molecular weight is 289 g/mol. The van der Waals surface area contributed by atoms with E-state index in [-0.39, 0.29) is 5.91 Å². The topological polar surface area (TPSA) is 26.8 Å². The molecule has 1 aliphatic rings. The van der Waals surface area contributed by atoms with Gasteiger partial charge in [-0.25, -0.2) is 0 Å². The van der Waals surface area contributed by atoms with Gasteiger partial charge in [0.2, 0.25) is 5.91 Å². The van der Waals surface area contributed by atoms with Crippen LogP contribution in [-0.2, 0) is 11.3 Å². The molecule has 0 atom stereocenters. The Morgan fingerprint density at radius 3 is 2.14 bits per heavy atom. The third kappa shape index (κ3) is 4.83. The van der Waals surface area contributed by atoms with Crippen LogP contribution in [0.5, 0.6) is 0 Å². The molecule has 0 radical (unpaired) electrons. The van der Waals surface area contributed by atoms with Gasteiger partial charge < -0.3 is 4.90 Å². The van der Waals surface area contributed by atoms with E-state index in [4.69, 9.17) is 0 Å². The minimum atomic E-state index is 0.261. The van der Waals surface area contributed by atoms with Gasteiger partial charge in [-0.15, -0.1) is 0 Å². The van der Waals surface area contributed by atoms with Crippen LogP contribution in [0.2, 0.25) is 0 Å². The molecule has 1 aromatic carbocycles. The van der Waals surface area contributed by atoms with Crippen LogP contribution >= 0.6 is 0 Å². The molecule has 0 aromatic heterocycles. The Morgan fingerprint density at radius 1 is 1.00 bits per heavy atom. The van der Waals surface area contributed by atoms with E-state index in [1.165, 1.54) is 5.56 Å². The van der Waals surface area contributed by atoms with Crippen LogP contribution in [0.1, 0.15) is 19.4 Å². The highest BCUT2D eigenvalue weighted by Gasteiger charge is 2.20. The first-order valence-electron chi connectivity index (χ1n) is 7.99. The fourth-order valence-corrected chi connectivity index (χ4v) is 2.81. The average Bonchev–Trinajstić information content (AvgIpc) is 2.51. The lowest BCUT2D eigenvalue weighted by Crippen LogP contribution is -2.49. The smallest absolute Gasteiger partial charge is 0.236 e.